The van der Waals surface area contributed by atoms with E-state index in [9.17, 15) is 14.4 Å². The summed E-state index contributed by atoms with van der Waals surface area (Å²) in [5.74, 6) is 0.254. The SMILES string of the molecule is CC(C)(C)OC(=O)c1ccc(-c2cnc(NCc3c(F)ccc4c3CCO4)n3cc(C#N)nc23)cn1. The van der Waals surface area contributed by atoms with Crippen molar-refractivity contribution in [3.8, 4) is 22.9 Å². The van der Waals surface area contributed by atoms with Gasteiger partial charge in [0.05, 0.1) is 12.8 Å². The number of imidazole rings is 1. The third-order valence-electron chi connectivity index (χ3n) is 5.65. The maximum Gasteiger partial charge on any atom is 0.357 e. The Bertz CT molecular complexity index is 1520. The summed E-state index contributed by atoms with van der Waals surface area (Å²) >= 11 is 0. The van der Waals surface area contributed by atoms with E-state index in [2.05, 4.69) is 20.3 Å². The van der Waals surface area contributed by atoms with Gasteiger partial charge in [0.1, 0.15) is 28.9 Å². The molecule has 0 amide bonds. The smallest absolute Gasteiger partial charge is 0.357 e. The normalized spacial score (nSPS) is 12.6. The average molecular weight is 487 g/mol. The van der Waals surface area contributed by atoms with Gasteiger partial charge < -0.3 is 14.8 Å². The van der Waals surface area contributed by atoms with E-state index in [4.69, 9.17) is 9.47 Å². The van der Waals surface area contributed by atoms with Gasteiger partial charge in [0.2, 0.25) is 5.95 Å². The van der Waals surface area contributed by atoms with Crippen LogP contribution in [0.5, 0.6) is 5.75 Å². The number of halogens is 1. The van der Waals surface area contributed by atoms with Gasteiger partial charge in [-0.2, -0.15) is 5.26 Å². The molecular weight excluding hydrogens is 463 g/mol. The lowest BCUT2D eigenvalue weighted by atomic mass is 10.0. The maximum atomic E-state index is 14.6. The number of ether oxygens (including phenoxy) is 2. The summed E-state index contributed by atoms with van der Waals surface area (Å²) in [5.41, 5.74) is 2.86. The van der Waals surface area contributed by atoms with E-state index >= 15 is 0 Å². The monoisotopic (exact) mass is 486 g/mol. The molecule has 10 heteroatoms. The third kappa shape index (κ3) is 4.43. The highest BCUT2D eigenvalue weighted by molar-refractivity contribution is 5.88. The minimum Gasteiger partial charge on any atom is -0.493 e. The highest BCUT2D eigenvalue weighted by Gasteiger charge is 2.21. The fourth-order valence-corrected chi connectivity index (χ4v) is 4.04. The van der Waals surface area contributed by atoms with Crippen molar-refractivity contribution in [1.29, 1.82) is 5.26 Å². The molecule has 36 heavy (non-hydrogen) atoms. The van der Waals surface area contributed by atoms with Gasteiger partial charge in [0.15, 0.2) is 11.3 Å². The number of aromatic nitrogens is 4. The van der Waals surface area contributed by atoms with Gasteiger partial charge >= 0.3 is 5.97 Å². The van der Waals surface area contributed by atoms with Crippen LogP contribution in [0.25, 0.3) is 16.8 Å². The number of rotatable bonds is 5. The molecule has 0 radical (unpaired) electrons. The molecule has 0 bridgehead atoms. The molecular formula is C26H23FN6O3. The Kier molecular flexibility index (Phi) is 5.76. The number of carbonyl (C=O) groups excluding carboxylic acids is 1. The molecule has 3 aromatic heterocycles. The molecule has 1 aliphatic heterocycles. The Hall–Kier alpha value is -4.52. The first-order chi connectivity index (χ1) is 17.2. The Balaban J connectivity index is 1.46. The lowest BCUT2D eigenvalue weighted by Crippen LogP contribution is -2.24. The Labute approximate surface area is 206 Å². The fourth-order valence-electron chi connectivity index (χ4n) is 4.04. The standard InChI is InChI=1S/C26H23FN6O3/c1-26(2,3)36-24(34)21-6-4-15(11-29-21)18-12-30-25(33-14-16(10-28)32-23(18)33)31-13-19-17-8-9-35-22(17)7-5-20(19)27/h4-7,11-12,14H,8-9,13H2,1-3H3,(H,30,31). The van der Waals surface area contributed by atoms with Crippen LogP contribution < -0.4 is 10.1 Å². The molecule has 0 saturated heterocycles. The van der Waals surface area contributed by atoms with Crippen molar-refractivity contribution >= 4 is 17.6 Å². The van der Waals surface area contributed by atoms with Crippen LogP contribution in [-0.2, 0) is 17.7 Å². The van der Waals surface area contributed by atoms with Gasteiger partial charge in [-0.05, 0) is 39.0 Å². The first-order valence-electron chi connectivity index (χ1n) is 11.4. The zero-order valence-corrected chi connectivity index (χ0v) is 20.0. The molecule has 1 aromatic carbocycles. The number of carbonyl (C=O) groups is 1. The minimum atomic E-state index is -0.629. The number of esters is 1. The number of hydrogen-bond donors (Lipinski definition) is 1. The van der Waals surface area contributed by atoms with Crippen molar-refractivity contribution in [2.45, 2.75) is 39.3 Å². The number of fused-ring (bicyclic) bond motifs is 2. The zero-order valence-electron chi connectivity index (χ0n) is 20.0. The van der Waals surface area contributed by atoms with Crippen LogP contribution in [-0.4, -0.2) is 37.5 Å². The predicted molar refractivity (Wildman–Crippen MR) is 129 cm³/mol. The summed E-state index contributed by atoms with van der Waals surface area (Å²) in [4.78, 5) is 25.5. The topological polar surface area (TPSA) is 114 Å². The highest BCUT2D eigenvalue weighted by atomic mass is 19.1. The number of anilines is 1. The van der Waals surface area contributed by atoms with Crippen LogP contribution in [0.15, 0.2) is 42.9 Å². The van der Waals surface area contributed by atoms with Crippen molar-refractivity contribution in [2.24, 2.45) is 0 Å². The lowest BCUT2D eigenvalue weighted by molar-refractivity contribution is 0.00628. The molecule has 0 fully saturated rings. The van der Waals surface area contributed by atoms with Crippen molar-refractivity contribution in [1.82, 2.24) is 19.4 Å². The fraction of sp³-hybridized carbons (Fsp3) is 0.269. The predicted octanol–water partition coefficient (Wildman–Crippen LogP) is 4.30. The van der Waals surface area contributed by atoms with Gasteiger partial charge in [-0.1, -0.05) is 6.07 Å². The van der Waals surface area contributed by atoms with E-state index in [1.807, 2.05) is 6.07 Å². The number of benzene rings is 1. The summed E-state index contributed by atoms with van der Waals surface area (Å²) in [6, 6.07) is 8.37. The van der Waals surface area contributed by atoms with Crippen molar-refractivity contribution < 1.29 is 18.7 Å². The largest absolute Gasteiger partial charge is 0.493 e. The van der Waals surface area contributed by atoms with E-state index in [0.717, 1.165) is 5.56 Å². The van der Waals surface area contributed by atoms with Crippen LogP contribution in [0.2, 0.25) is 0 Å². The molecule has 0 unspecified atom stereocenters. The van der Waals surface area contributed by atoms with E-state index in [1.54, 1.807) is 55.8 Å². The second-order valence-corrected chi connectivity index (χ2v) is 9.32. The molecule has 0 aliphatic carbocycles. The summed E-state index contributed by atoms with van der Waals surface area (Å²) in [7, 11) is 0. The summed E-state index contributed by atoms with van der Waals surface area (Å²) < 4.78 is 27.1. The maximum absolute atomic E-state index is 14.6. The van der Waals surface area contributed by atoms with Gasteiger partial charge in [0, 0.05) is 47.6 Å². The van der Waals surface area contributed by atoms with E-state index in [0.29, 0.717) is 47.1 Å². The van der Waals surface area contributed by atoms with Crippen LogP contribution in [0.1, 0.15) is 48.1 Å². The molecule has 9 nitrogen and oxygen atoms in total. The summed E-state index contributed by atoms with van der Waals surface area (Å²) in [5, 5.41) is 12.6. The van der Waals surface area contributed by atoms with Crippen LogP contribution in [0.3, 0.4) is 0 Å². The molecule has 0 saturated carbocycles. The van der Waals surface area contributed by atoms with Gasteiger partial charge in [-0.3, -0.25) is 4.40 Å². The second kappa shape index (κ2) is 8.92. The number of hydrogen-bond acceptors (Lipinski definition) is 8. The van der Waals surface area contributed by atoms with Crippen LogP contribution in [0, 0.1) is 17.1 Å². The number of pyridine rings is 1. The molecule has 1 aliphatic rings. The van der Waals surface area contributed by atoms with Gasteiger partial charge in [-0.25, -0.2) is 24.1 Å². The minimum absolute atomic E-state index is 0.179. The summed E-state index contributed by atoms with van der Waals surface area (Å²) in [6.45, 7) is 6.07. The first-order valence-corrected chi connectivity index (χ1v) is 11.4. The van der Waals surface area contributed by atoms with Crippen molar-refractivity contribution in [3.05, 3.63) is 71.2 Å². The first kappa shape index (κ1) is 23.2. The lowest BCUT2D eigenvalue weighted by Gasteiger charge is -2.19. The van der Waals surface area contributed by atoms with Gasteiger partial charge in [0.25, 0.3) is 0 Å². The van der Waals surface area contributed by atoms with E-state index in [-0.39, 0.29) is 23.7 Å². The third-order valence-corrected chi connectivity index (χ3v) is 5.65. The quantitative estimate of drug-likeness (QED) is 0.415. The second-order valence-electron chi connectivity index (χ2n) is 9.32. The Morgan fingerprint density at radius 1 is 1.25 bits per heavy atom. The highest BCUT2D eigenvalue weighted by Crippen LogP contribution is 2.31. The van der Waals surface area contributed by atoms with Crippen LogP contribution >= 0.6 is 0 Å². The number of nitrogens with zero attached hydrogens (tertiary/aromatic N) is 5. The Morgan fingerprint density at radius 2 is 2.08 bits per heavy atom. The molecule has 5 rings (SSSR count). The van der Waals surface area contributed by atoms with Crippen LogP contribution in [0.4, 0.5) is 10.3 Å². The molecule has 0 atom stereocenters. The average Bonchev–Trinajstić information content (AvgIpc) is 3.50. The molecule has 4 heterocycles. The van der Waals surface area contributed by atoms with E-state index in [1.165, 1.54) is 12.3 Å². The molecule has 0 spiro atoms. The summed E-state index contributed by atoms with van der Waals surface area (Å²) in [6.07, 6.45) is 5.34. The van der Waals surface area contributed by atoms with E-state index < -0.39 is 11.6 Å². The molecule has 1 N–H and O–H groups in total. The molecule has 4 aromatic rings. The number of nitriles is 1. The Morgan fingerprint density at radius 3 is 2.81 bits per heavy atom. The zero-order chi connectivity index (χ0) is 25.4. The van der Waals surface area contributed by atoms with Crippen molar-refractivity contribution in [3.63, 3.8) is 0 Å². The van der Waals surface area contributed by atoms with Gasteiger partial charge in [-0.15, -0.1) is 0 Å². The number of nitrogens with one attached hydrogen (secondary N) is 1. The molecule has 182 valence electrons. The van der Waals surface area contributed by atoms with Crippen molar-refractivity contribution in [2.75, 3.05) is 11.9 Å².